The van der Waals surface area contributed by atoms with Crippen molar-refractivity contribution in [1.29, 1.82) is 0 Å². The molecular weight excluding hydrogens is 270 g/mol. The Bertz CT molecular complexity index is 575. The monoisotopic (exact) mass is 289 g/mol. The molecule has 5 heteroatoms. The first-order chi connectivity index (χ1) is 9.85. The number of thioether (sulfide) groups is 1. The zero-order valence-corrected chi connectivity index (χ0v) is 12.2. The fourth-order valence-corrected chi connectivity index (χ4v) is 3.88. The summed E-state index contributed by atoms with van der Waals surface area (Å²) in [7, 11) is 0. The third-order valence-electron chi connectivity index (χ3n) is 3.74. The van der Waals surface area contributed by atoms with Crippen molar-refractivity contribution in [2.24, 2.45) is 5.16 Å². The molecule has 2 N–H and O–H groups in total. The minimum Gasteiger partial charge on any atom is -0.411 e. The maximum absolute atomic E-state index is 9.06. The Morgan fingerprint density at radius 2 is 2.15 bits per heavy atom. The minimum atomic E-state index is 0.446. The van der Waals surface area contributed by atoms with Crippen molar-refractivity contribution in [2.45, 2.75) is 48.9 Å². The molecule has 1 fully saturated rings. The molecule has 1 heterocycles. The predicted molar refractivity (Wildman–Crippen MR) is 82.7 cm³/mol. The van der Waals surface area contributed by atoms with E-state index in [1.807, 2.05) is 24.3 Å². The number of imidazole rings is 1. The zero-order valence-electron chi connectivity index (χ0n) is 11.4. The lowest BCUT2D eigenvalue weighted by Crippen LogP contribution is -2.14. The molecule has 0 aliphatic heterocycles. The van der Waals surface area contributed by atoms with Gasteiger partial charge in [0.15, 0.2) is 5.16 Å². The van der Waals surface area contributed by atoms with Crippen LogP contribution in [0.5, 0.6) is 0 Å². The smallest absolute Gasteiger partial charge is 0.166 e. The van der Waals surface area contributed by atoms with Crippen LogP contribution in [0.25, 0.3) is 11.0 Å². The maximum Gasteiger partial charge on any atom is 0.166 e. The molecule has 4 nitrogen and oxygen atoms in total. The van der Waals surface area contributed by atoms with Crippen LogP contribution in [0.15, 0.2) is 34.6 Å². The first-order valence-electron chi connectivity index (χ1n) is 7.16. The van der Waals surface area contributed by atoms with Crippen LogP contribution in [0, 0.1) is 0 Å². The van der Waals surface area contributed by atoms with Crippen LogP contribution in [-0.2, 0) is 0 Å². The number of benzene rings is 1. The van der Waals surface area contributed by atoms with Gasteiger partial charge in [0.2, 0.25) is 0 Å². The number of oxime groups is 1. The van der Waals surface area contributed by atoms with Crippen molar-refractivity contribution in [3.8, 4) is 0 Å². The molecule has 2 aromatic rings. The van der Waals surface area contributed by atoms with Crippen LogP contribution in [0.3, 0.4) is 0 Å². The molecule has 3 rings (SSSR count). The fourth-order valence-electron chi connectivity index (χ4n) is 2.68. The number of aromatic amines is 1. The summed E-state index contributed by atoms with van der Waals surface area (Å²) in [6.45, 7) is 0. The van der Waals surface area contributed by atoms with Gasteiger partial charge in [0.25, 0.3) is 0 Å². The number of rotatable bonds is 2. The highest BCUT2D eigenvalue weighted by Gasteiger charge is 2.18. The number of nitrogens with zero attached hydrogens (tertiary/aromatic N) is 2. The van der Waals surface area contributed by atoms with Crippen molar-refractivity contribution in [1.82, 2.24) is 9.97 Å². The van der Waals surface area contributed by atoms with E-state index < -0.39 is 0 Å². The predicted octanol–water partition coefficient (Wildman–Crippen LogP) is 4.21. The number of fused-ring (bicyclic) bond motifs is 1. The van der Waals surface area contributed by atoms with E-state index in [0.717, 1.165) is 47.6 Å². The molecule has 1 unspecified atom stereocenters. The molecule has 1 aromatic heterocycles. The molecule has 0 bridgehead atoms. The number of aromatic nitrogens is 2. The van der Waals surface area contributed by atoms with Crippen molar-refractivity contribution in [3.63, 3.8) is 0 Å². The minimum absolute atomic E-state index is 0.446. The summed E-state index contributed by atoms with van der Waals surface area (Å²) in [5.74, 6) is 0. The lowest BCUT2D eigenvalue weighted by molar-refractivity contribution is 0.315. The second-order valence-corrected chi connectivity index (χ2v) is 6.56. The molecule has 0 saturated heterocycles. The standard InChI is InChI=1S/C15H19N3OS/c19-18-11-6-2-1-3-7-12(10-11)20-15-16-13-8-4-5-9-14(13)17-15/h4-5,8-9,12,19H,1-3,6-7,10H2,(H,16,17)/b18-11-. The summed E-state index contributed by atoms with van der Waals surface area (Å²) in [4.78, 5) is 7.98. The van der Waals surface area contributed by atoms with E-state index in [1.54, 1.807) is 11.8 Å². The van der Waals surface area contributed by atoms with Crippen molar-refractivity contribution >= 4 is 28.5 Å². The molecule has 1 aliphatic rings. The van der Waals surface area contributed by atoms with Crippen LogP contribution in [-0.4, -0.2) is 26.1 Å². The summed E-state index contributed by atoms with van der Waals surface area (Å²) < 4.78 is 0. The first-order valence-corrected chi connectivity index (χ1v) is 8.04. The van der Waals surface area contributed by atoms with Gasteiger partial charge >= 0.3 is 0 Å². The van der Waals surface area contributed by atoms with E-state index >= 15 is 0 Å². The summed E-state index contributed by atoms with van der Waals surface area (Å²) in [5, 5.41) is 13.9. The quantitative estimate of drug-likeness (QED) is 0.643. The highest BCUT2D eigenvalue weighted by molar-refractivity contribution is 7.99. The van der Waals surface area contributed by atoms with Gasteiger partial charge < -0.3 is 10.2 Å². The van der Waals surface area contributed by atoms with Gasteiger partial charge in [0.1, 0.15) is 0 Å². The lowest BCUT2D eigenvalue weighted by atomic mass is 9.99. The van der Waals surface area contributed by atoms with E-state index in [9.17, 15) is 0 Å². The number of hydrogen-bond acceptors (Lipinski definition) is 4. The topological polar surface area (TPSA) is 61.3 Å². The second-order valence-electron chi connectivity index (χ2n) is 5.27. The Morgan fingerprint density at radius 1 is 1.25 bits per heavy atom. The average molecular weight is 289 g/mol. The molecule has 0 spiro atoms. The third kappa shape index (κ3) is 3.15. The Kier molecular flexibility index (Phi) is 4.25. The van der Waals surface area contributed by atoms with E-state index in [2.05, 4.69) is 15.1 Å². The molecule has 1 aromatic carbocycles. The third-order valence-corrected chi connectivity index (χ3v) is 4.89. The van der Waals surface area contributed by atoms with Crippen LogP contribution in [0.2, 0.25) is 0 Å². The van der Waals surface area contributed by atoms with Gasteiger partial charge in [-0.25, -0.2) is 4.98 Å². The van der Waals surface area contributed by atoms with Gasteiger partial charge in [-0.1, -0.05) is 41.9 Å². The van der Waals surface area contributed by atoms with E-state index in [-0.39, 0.29) is 0 Å². The summed E-state index contributed by atoms with van der Waals surface area (Å²) in [6, 6.07) is 8.09. The van der Waals surface area contributed by atoms with E-state index in [4.69, 9.17) is 5.21 Å². The summed E-state index contributed by atoms with van der Waals surface area (Å²) >= 11 is 1.77. The fraction of sp³-hybridized carbons (Fsp3) is 0.467. The van der Waals surface area contributed by atoms with Crippen LogP contribution in [0.1, 0.15) is 38.5 Å². The lowest BCUT2D eigenvalue weighted by Gasteiger charge is -2.18. The van der Waals surface area contributed by atoms with Gasteiger partial charge in [-0.15, -0.1) is 0 Å². The van der Waals surface area contributed by atoms with Crippen LogP contribution < -0.4 is 0 Å². The number of hydrogen-bond donors (Lipinski definition) is 2. The number of H-pyrrole nitrogens is 1. The summed E-state index contributed by atoms with van der Waals surface area (Å²) in [6.07, 6.45) is 6.54. The van der Waals surface area contributed by atoms with Gasteiger partial charge in [-0.2, -0.15) is 0 Å². The normalized spacial score (nSPS) is 22.8. The number of nitrogens with one attached hydrogen (secondary N) is 1. The number of para-hydroxylation sites is 2. The van der Waals surface area contributed by atoms with Gasteiger partial charge in [-0.3, -0.25) is 0 Å². The zero-order chi connectivity index (χ0) is 13.8. The van der Waals surface area contributed by atoms with E-state index in [0.29, 0.717) is 5.25 Å². The Morgan fingerprint density at radius 3 is 3.00 bits per heavy atom. The SMILES string of the molecule is O/N=C1/CCCCCC(Sc2nc3ccccc3[nH]2)C1. The Labute approximate surface area is 122 Å². The Hall–Kier alpha value is -1.49. The van der Waals surface area contributed by atoms with Gasteiger partial charge in [0.05, 0.1) is 16.7 Å². The molecule has 0 amide bonds. The molecule has 1 aliphatic carbocycles. The second kappa shape index (κ2) is 6.31. The average Bonchev–Trinajstić information content (AvgIpc) is 2.84. The van der Waals surface area contributed by atoms with Crippen LogP contribution >= 0.6 is 11.8 Å². The van der Waals surface area contributed by atoms with Crippen LogP contribution in [0.4, 0.5) is 0 Å². The molecule has 106 valence electrons. The van der Waals surface area contributed by atoms with Gasteiger partial charge in [-0.05, 0) is 31.4 Å². The van der Waals surface area contributed by atoms with Gasteiger partial charge in [0, 0.05) is 11.7 Å². The maximum atomic E-state index is 9.06. The Balaban J connectivity index is 1.74. The summed E-state index contributed by atoms with van der Waals surface area (Å²) in [5.41, 5.74) is 3.02. The van der Waals surface area contributed by atoms with E-state index in [1.165, 1.54) is 12.8 Å². The first kappa shape index (κ1) is 13.5. The molecule has 1 saturated carbocycles. The highest BCUT2D eigenvalue weighted by Crippen LogP contribution is 2.31. The van der Waals surface area contributed by atoms with Crippen molar-refractivity contribution < 1.29 is 5.21 Å². The molecular formula is C15H19N3OS. The highest BCUT2D eigenvalue weighted by atomic mass is 32.2. The molecule has 0 radical (unpaired) electrons. The van der Waals surface area contributed by atoms with Crippen molar-refractivity contribution in [3.05, 3.63) is 24.3 Å². The van der Waals surface area contributed by atoms with Crippen molar-refractivity contribution in [2.75, 3.05) is 0 Å². The molecule has 20 heavy (non-hydrogen) atoms. The molecule has 1 atom stereocenters. The largest absolute Gasteiger partial charge is 0.411 e.